The smallest absolute Gasteiger partial charge is 0.261 e. The molecule has 0 unspecified atom stereocenters. The van der Waals surface area contributed by atoms with E-state index >= 15 is 0 Å². The first-order valence-electron chi connectivity index (χ1n) is 10.1. The summed E-state index contributed by atoms with van der Waals surface area (Å²) in [6.07, 6.45) is 4.62. The van der Waals surface area contributed by atoms with Crippen molar-refractivity contribution in [3.63, 3.8) is 0 Å². The van der Waals surface area contributed by atoms with Crippen LogP contribution in [0.2, 0.25) is 0 Å². The number of aryl methyl sites for hydroxylation is 1. The van der Waals surface area contributed by atoms with Crippen molar-refractivity contribution in [2.24, 2.45) is 0 Å². The number of aromatic nitrogens is 4. The Balaban J connectivity index is 1.61. The van der Waals surface area contributed by atoms with Crippen LogP contribution < -0.4 is 15.0 Å². The van der Waals surface area contributed by atoms with Crippen molar-refractivity contribution in [3.8, 4) is 11.5 Å². The Bertz CT molecular complexity index is 1150. The van der Waals surface area contributed by atoms with E-state index in [4.69, 9.17) is 14.5 Å². The predicted octanol–water partition coefficient (Wildman–Crippen LogP) is 2.16. The summed E-state index contributed by atoms with van der Waals surface area (Å²) >= 11 is 0. The number of rotatable bonds is 6. The van der Waals surface area contributed by atoms with Crippen LogP contribution in [0.15, 0.2) is 35.8 Å². The van der Waals surface area contributed by atoms with Gasteiger partial charge in [0.1, 0.15) is 5.82 Å². The Labute approximate surface area is 175 Å². The van der Waals surface area contributed by atoms with Crippen LogP contribution in [-0.4, -0.2) is 51.5 Å². The summed E-state index contributed by atoms with van der Waals surface area (Å²) in [5, 5.41) is 5.09. The summed E-state index contributed by atoms with van der Waals surface area (Å²) in [5.41, 5.74) is 2.83. The molecule has 0 spiro atoms. The lowest BCUT2D eigenvalue weighted by Crippen LogP contribution is -2.28. The minimum atomic E-state index is -0.0345. The highest BCUT2D eigenvalue weighted by molar-refractivity contribution is 5.82. The molecule has 0 saturated carbocycles. The highest BCUT2D eigenvalue weighted by Gasteiger charge is 2.20. The van der Waals surface area contributed by atoms with Gasteiger partial charge in [-0.25, -0.2) is 4.98 Å². The maximum absolute atomic E-state index is 13.2. The molecule has 0 aliphatic carbocycles. The molecule has 158 valence electrons. The van der Waals surface area contributed by atoms with Crippen molar-refractivity contribution in [2.75, 3.05) is 27.3 Å². The zero-order valence-corrected chi connectivity index (χ0v) is 17.7. The van der Waals surface area contributed by atoms with Gasteiger partial charge in [0.05, 0.1) is 37.4 Å². The second kappa shape index (κ2) is 8.31. The fourth-order valence-electron chi connectivity index (χ4n) is 3.97. The molecule has 8 nitrogen and oxygen atoms in total. The first-order valence-corrected chi connectivity index (χ1v) is 10.1. The Hall–Kier alpha value is -3.13. The predicted molar refractivity (Wildman–Crippen MR) is 115 cm³/mol. The SMILES string of the molecule is C=CCn1cc(CN2CCc3nc4cc(OC)c(OC)cc4c(=O)n3CC2)c(C)n1. The molecule has 30 heavy (non-hydrogen) atoms. The van der Waals surface area contributed by atoms with Gasteiger partial charge in [0, 0.05) is 50.4 Å². The van der Waals surface area contributed by atoms with Gasteiger partial charge in [0.15, 0.2) is 11.5 Å². The Morgan fingerprint density at radius 1 is 1.17 bits per heavy atom. The van der Waals surface area contributed by atoms with Gasteiger partial charge in [-0.3, -0.25) is 18.9 Å². The second-order valence-corrected chi connectivity index (χ2v) is 7.49. The molecule has 1 aliphatic rings. The second-order valence-electron chi connectivity index (χ2n) is 7.49. The molecule has 0 fully saturated rings. The molecule has 1 aliphatic heterocycles. The van der Waals surface area contributed by atoms with Gasteiger partial charge in [-0.15, -0.1) is 6.58 Å². The zero-order chi connectivity index (χ0) is 21.3. The van der Waals surface area contributed by atoms with Gasteiger partial charge >= 0.3 is 0 Å². The summed E-state index contributed by atoms with van der Waals surface area (Å²) in [5.74, 6) is 1.91. The molecular weight excluding hydrogens is 382 g/mol. The Kier molecular flexibility index (Phi) is 5.59. The van der Waals surface area contributed by atoms with Crippen molar-refractivity contribution in [2.45, 2.75) is 33.0 Å². The van der Waals surface area contributed by atoms with Crippen molar-refractivity contribution in [3.05, 3.63) is 58.4 Å². The number of hydrogen-bond acceptors (Lipinski definition) is 6. The van der Waals surface area contributed by atoms with E-state index in [2.05, 4.69) is 22.8 Å². The number of ether oxygens (including phenoxy) is 2. The highest BCUT2D eigenvalue weighted by atomic mass is 16.5. The fourth-order valence-corrected chi connectivity index (χ4v) is 3.97. The van der Waals surface area contributed by atoms with Crippen LogP contribution >= 0.6 is 0 Å². The van der Waals surface area contributed by atoms with Gasteiger partial charge in [-0.1, -0.05) is 6.08 Å². The van der Waals surface area contributed by atoms with Gasteiger partial charge in [-0.2, -0.15) is 5.10 Å². The standard InChI is InChI=1S/C22H27N5O3/c1-5-7-26-14-16(15(2)24-26)13-25-8-6-21-23-18-12-20(30-4)19(29-3)11-17(18)22(28)27(21)10-9-25/h5,11-12,14H,1,6-10,13H2,2-4H3. The molecule has 1 aromatic carbocycles. The van der Waals surface area contributed by atoms with E-state index in [1.165, 1.54) is 5.56 Å². The fraction of sp³-hybridized carbons (Fsp3) is 0.409. The highest BCUT2D eigenvalue weighted by Crippen LogP contribution is 2.30. The minimum absolute atomic E-state index is 0.0345. The normalized spacial score (nSPS) is 14.4. The van der Waals surface area contributed by atoms with Crippen LogP contribution in [-0.2, 0) is 26.1 Å². The van der Waals surface area contributed by atoms with Crippen molar-refractivity contribution in [1.82, 2.24) is 24.2 Å². The average molecular weight is 409 g/mol. The number of nitrogens with zero attached hydrogens (tertiary/aromatic N) is 5. The van der Waals surface area contributed by atoms with Crippen LogP contribution in [0, 0.1) is 6.92 Å². The molecule has 0 radical (unpaired) electrons. The Morgan fingerprint density at radius 3 is 2.67 bits per heavy atom. The zero-order valence-electron chi connectivity index (χ0n) is 17.7. The first-order chi connectivity index (χ1) is 14.5. The molecule has 0 atom stereocenters. The molecule has 4 rings (SSSR count). The summed E-state index contributed by atoms with van der Waals surface area (Å²) < 4.78 is 14.4. The first kappa shape index (κ1) is 20.2. The number of benzene rings is 1. The third-order valence-electron chi connectivity index (χ3n) is 5.59. The molecular formula is C22H27N5O3. The van der Waals surface area contributed by atoms with E-state index < -0.39 is 0 Å². The summed E-state index contributed by atoms with van der Waals surface area (Å²) in [7, 11) is 3.15. The molecule has 0 bridgehead atoms. The van der Waals surface area contributed by atoms with Crippen LogP contribution in [0.5, 0.6) is 11.5 Å². The van der Waals surface area contributed by atoms with Crippen LogP contribution in [0.3, 0.4) is 0 Å². The minimum Gasteiger partial charge on any atom is -0.493 e. The molecule has 0 saturated heterocycles. The number of methoxy groups -OCH3 is 2. The van der Waals surface area contributed by atoms with E-state index in [1.807, 2.05) is 17.7 Å². The van der Waals surface area contributed by atoms with E-state index in [1.54, 1.807) is 30.9 Å². The van der Waals surface area contributed by atoms with Crippen LogP contribution in [0.1, 0.15) is 17.1 Å². The average Bonchev–Trinajstić information content (AvgIpc) is 2.95. The van der Waals surface area contributed by atoms with Gasteiger partial charge in [0.25, 0.3) is 5.56 Å². The quantitative estimate of drug-likeness (QED) is 0.581. The number of fused-ring (bicyclic) bond motifs is 2. The third kappa shape index (κ3) is 3.70. The monoisotopic (exact) mass is 409 g/mol. The molecule has 8 heteroatoms. The summed E-state index contributed by atoms with van der Waals surface area (Å²) in [6, 6.07) is 3.49. The maximum atomic E-state index is 13.2. The molecule has 3 heterocycles. The molecule has 3 aromatic rings. The van der Waals surface area contributed by atoms with E-state index in [0.717, 1.165) is 31.2 Å². The maximum Gasteiger partial charge on any atom is 0.261 e. The summed E-state index contributed by atoms with van der Waals surface area (Å²) in [6.45, 7) is 9.51. The van der Waals surface area contributed by atoms with Crippen LogP contribution in [0.25, 0.3) is 10.9 Å². The lowest BCUT2D eigenvalue weighted by Gasteiger charge is -2.18. The Morgan fingerprint density at radius 2 is 1.93 bits per heavy atom. The van der Waals surface area contributed by atoms with E-state index in [0.29, 0.717) is 41.9 Å². The topological polar surface area (TPSA) is 74.4 Å². The van der Waals surface area contributed by atoms with Crippen LogP contribution in [0.4, 0.5) is 0 Å². The van der Waals surface area contributed by atoms with Crippen molar-refractivity contribution >= 4 is 10.9 Å². The van der Waals surface area contributed by atoms with E-state index in [9.17, 15) is 4.79 Å². The van der Waals surface area contributed by atoms with Gasteiger partial charge in [-0.05, 0) is 13.0 Å². The largest absolute Gasteiger partial charge is 0.493 e. The molecule has 0 amide bonds. The lowest BCUT2D eigenvalue weighted by molar-refractivity contribution is 0.270. The van der Waals surface area contributed by atoms with E-state index in [-0.39, 0.29) is 5.56 Å². The number of allylic oxidation sites excluding steroid dienone is 1. The molecule has 2 aromatic heterocycles. The molecule has 0 N–H and O–H groups in total. The third-order valence-corrected chi connectivity index (χ3v) is 5.59. The lowest BCUT2D eigenvalue weighted by atomic mass is 10.2. The summed E-state index contributed by atoms with van der Waals surface area (Å²) in [4.78, 5) is 20.3. The van der Waals surface area contributed by atoms with Gasteiger partial charge < -0.3 is 9.47 Å². The van der Waals surface area contributed by atoms with Gasteiger partial charge in [0.2, 0.25) is 0 Å². The number of hydrogen-bond donors (Lipinski definition) is 0. The van der Waals surface area contributed by atoms with Crippen molar-refractivity contribution in [1.29, 1.82) is 0 Å². The van der Waals surface area contributed by atoms with Crippen molar-refractivity contribution < 1.29 is 9.47 Å².